The van der Waals surface area contributed by atoms with E-state index in [0.29, 0.717) is 17.3 Å². The molecule has 0 aliphatic rings. The van der Waals surface area contributed by atoms with E-state index in [4.69, 9.17) is 11.6 Å². The third-order valence-corrected chi connectivity index (χ3v) is 3.51. The standard InChI is InChI=1S/C16H16ClN3O2/c1-11-13(17)3-2-4-14(11)20-16(22)9-15(21)19-10-12-5-7-18-8-6-12/h2-8H,9-10H2,1H3,(H,19,21)(H,20,22). The molecule has 0 spiro atoms. The molecule has 114 valence electrons. The molecule has 5 nitrogen and oxygen atoms in total. The van der Waals surface area contributed by atoms with E-state index in [1.165, 1.54) is 0 Å². The largest absolute Gasteiger partial charge is 0.352 e. The summed E-state index contributed by atoms with van der Waals surface area (Å²) in [5.74, 6) is -0.716. The van der Waals surface area contributed by atoms with Crippen LogP contribution in [0.2, 0.25) is 5.02 Å². The zero-order valence-corrected chi connectivity index (χ0v) is 12.9. The zero-order valence-electron chi connectivity index (χ0n) is 12.1. The normalized spacial score (nSPS) is 10.1. The molecule has 0 fully saturated rings. The van der Waals surface area contributed by atoms with Crippen LogP contribution in [0.5, 0.6) is 0 Å². The average molecular weight is 318 g/mol. The maximum Gasteiger partial charge on any atom is 0.233 e. The van der Waals surface area contributed by atoms with E-state index < -0.39 is 0 Å². The number of carbonyl (C=O) groups is 2. The first-order valence-corrected chi connectivity index (χ1v) is 7.14. The minimum absolute atomic E-state index is 0.239. The molecule has 0 saturated carbocycles. The van der Waals surface area contributed by atoms with Gasteiger partial charge in [-0.15, -0.1) is 0 Å². The number of amides is 2. The molecule has 6 heteroatoms. The molecule has 0 atom stereocenters. The highest BCUT2D eigenvalue weighted by Gasteiger charge is 2.11. The number of nitrogens with zero attached hydrogens (tertiary/aromatic N) is 1. The smallest absolute Gasteiger partial charge is 0.233 e. The predicted molar refractivity (Wildman–Crippen MR) is 85.5 cm³/mol. The Kier molecular flexibility index (Phi) is 5.49. The molecule has 0 saturated heterocycles. The van der Waals surface area contributed by atoms with Gasteiger partial charge in [-0.1, -0.05) is 17.7 Å². The molecule has 0 radical (unpaired) electrons. The minimum Gasteiger partial charge on any atom is -0.352 e. The number of benzene rings is 1. The van der Waals surface area contributed by atoms with E-state index in [9.17, 15) is 9.59 Å². The molecule has 0 unspecified atom stereocenters. The Morgan fingerprint density at radius 2 is 1.86 bits per heavy atom. The second-order valence-electron chi connectivity index (χ2n) is 4.77. The van der Waals surface area contributed by atoms with Crippen molar-refractivity contribution in [2.45, 2.75) is 19.9 Å². The summed E-state index contributed by atoms with van der Waals surface area (Å²) < 4.78 is 0. The summed E-state index contributed by atoms with van der Waals surface area (Å²) in [6.07, 6.45) is 3.06. The van der Waals surface area contributed by atoms with Gasteiger partial charge in [0.15, 0.2) is 0 Å². The highest BCUT2D eigenvalue weighted by atomic mass is 35.5. The number of pyridine rings is 1. The molecular formula is C16H16ClN3O2. The second-order valence-corrected chi connectivity index (χ2v) is 5.18. The number of hydrogen-bond donors (Lipinski definition) is 2. The lowest BCUT2D eigenvalue weighted by Crippen LogP contribution is -2.27. The number of carbonyl (C=O) groups excluding carboxylic acids is 2. The van der Waals surface area contributed by atoms with Gasteiger partial charge in [0.1, 0.15) is 6.42 Å². The van der Waals surface area contributed by atoms with Crippen LogP contribution in [0.3, 0.4) is 0 Å². The topological polar surface area (TPSA) is 71.1 Å². The summed E-state index contributed by atoms with van der Waals surface area (Å²) in [6, 6.07) is 8.84. The number of rotatable bonds is 5. The average Bonchev–Trinajstić information content (AvgIpc) is 2.51. The fraction of sp³-hybridized carbons (Fsp3) is 0.188. The third-order valence-electron chi connectivity index (χ3n) is 3.10. The van der Waals surface area contributed by atoms with E-state index in [1.54, 1.807) is 42.7 Å². The van der Waals surface area contributed by atoms with Gasteiger partial charge in [-0.2, -0.15) is 0 Å². The lowest BCUT2D eigenvalue weighted by molar-refractivity contribution is -0.126. The molecule has 1 aromatic heterocycles. The van der Waals surface area contributed by atoms with Gasteiger partial charge in [-0.3, -0.25) is 14.6 Å². The van der Waals surface area contributed by atoms with Crippen molar-refractivity contribution in [1.29, 1.82) is 0 Å². The molecule has 2 aromatic rings. The first kappa shape index (κ1) is 16.0. The Balaban J connectivity index is 1.84. The van der Waals surface area contributed by atoms with Crippen LogP contribution in [0.4, 0.5) is 5.69 Å². The van der Waals surface area contributed by atoms with E-state index in [1.807, 2.05) is 6.92 Å². The van der Waals surface area contributed by atoms with Crippen molar-refractivity contribution in [3.8, 4) is 0 Å². The Hall–Kier alpha value is -2.40. The van der Waals surface area contributed by atoms with Gasteiger partial charge in [-0.25, -0.2) is 0 Å². The Bertz CT molecular complexity index is 674. The van der Waals surface area contributed by atoms with E-state index in [2.05, 4.69) is 15.6 Å². The number of nitrogens with one attached hydrogen (secondary N) is 2. The summed E-state index contributed by atoms with van der Waals surface area (Å²) in [5.41, 5.74) is 2.31. The van der Waals surface area contributed by atoms with Crippen LogP contribution in [0.15, 0.2) is 42.7 Å². The molecule has 2 amide bonds. The van der Waals surface area contributed by atoms with Gasteiger partial charge in [0, 0.05) is 29.6 Å². The summed E-state index contributed by atoms with van der Waals surface area (Å²) in [4.78, 5) is 27.5. The number of halogens is 1. The van der Waals surface area contributed by atoms with Crippen molar-refractivity contribution in [1.82, 2.24) is 10.3 Å². The molecule has 2 rings (SSSR count). The monoisotopic (exact) mass is 317 g/mol. The van der Waals surface area contributed by atoms with E-state index >= 15 is 0 Å². The molecular weight excluding hydrogens is 302 g/mol. The Morgan fingerprint density at radius 1 is 1.14 bits per heavy atom. The highest BCUT2D eigenvalue weighted by molar-refractivity contribution is 6.31. The van der Waals surface area contributed by atoms with Crippen LogP contribution in [0.1, 0.15) is 17.5 Å². The lowest BCUT2D eigenvalue weighted by Gasteiger charge is -2.09. The van der Waals surface area contributed by atoms with Gasteiger partial charge in [-0.05, 0) is 42.3 Å². The summed E-state index contributed by atoms with van der Waals surface area (Å²) in [6.45, 7) is 2.17. The second kappa shape index (κ2) is 7.56. The van der Waals surface area contributed by atoms with E-state index in [0.717, 1.165) is 11.1 Å². The maximum absolute atomic E-state index is 11.9. The molecule has 1 aromatic carbocycles. The van der Waals surface area contributed by atoms with Crippen molar-refractivity contribution in [2.24, 2.45) is 0 Å². The van der Waals surface area contributed by atoms with Crippen molar-refractivity contribution >= 4 is 29.1 Å². The number of aromatic nitrogens is 1. The Labute approximate surface area is 133 Å². The van der Waals surface area contributed by atoms with Gasteiger partial charge < -0.3 is 10.6 Å². The molecule has 0 bridgehead atoms. The van der Waals surface area contributed by atoms with Crippen LogP contribution in [-0.4, -0.2) is 16.8 Å². The molecule has 0 aliphatic heterocycles. The third kappa shape index (κ3) is 4.56. The van der Waals surface area contributed by atoms with Gasteiger partial charge >= 0.3 is 0 Å². The molecule has 0 aliphatic carbocycles. The quantitative estimate of drug-likeness (QED) is 0.833. The predicted octanol–water partition coefficient (Wildman–Crippen LogP) is 2.69. The van der Waals surface area contributed by atoms with Crippen LogP contribution in [-0.2, 0) is 16.1 Å². The van der Waals surface area contributed by atoms with Crippen molar-refractivity contribution in [3.63, 3.8) is 0 Å². The SMILES string of the molecule is Cc1c(Cl)cccc1NC(=O)CC(=O)NCc1ccncc1. The number of hydrogen-bond acceptors (Lipinski definition) is 3. The van der Waals surface area contributed by atoms with Gasteiger partial charge in [0.25, 0.3) is 0 Å². The first-order valence-electron chi connectivity index (χ1n) is 6.77. The molecule has 1 heterocycles. The van der Waals surface area contributed by atoms with Crippen LogP contribution in [0.25, 0.3) is 0 Å². The van der Waals surface area contributed by atoms with Crippen LogP contribution < -0.4 is 10.6 Å². The zero-order chi connectivity index (χ0) is 15.9. The molecule has 22 heavy (non-hydrogen) atoms. The van der Waals surface area contributed by atoms with Crippen molar-refractivity contribution < 1.29 is 9.59 Å². The van der Waals surface area contributed by atoms with Crippen LogP contribution >= 0.6 is 11.6 Å². The van der Waals surface area contributed by atoms with Crippen molar-refractivity contribution in [2.75, 3.05) is 5.32 Å². The fourth-order valence-corrected chi connectivity index (χ4v) is 2.02. The van der Waals surface area contributed by atoms with Gasteiger partial charge in [0.2, 0.25) is 11.8 Å². The maximum atomic E-state index is 11.9. The fourth-order valence-electron chi connectivity index (χ4n) is 1.85. The van der Waals surface area contributed by atoms with Gasteiger partial charge in [0.05, 0.1) is 0 Å². The molecule has 2 N–H and O–H groups in total. The minimum atomic E-state index is -0.377. The van der Waals surface area contributed by atoms with Crippen molar-refractivity contribution in [3.05, 3.63) is 58.9 Å². The summed E-state index contributed by atoms with van der Waals surface area (Å²) >= 11 is 5.98. The summed E-state index contributed by atoms with van der Waals surface area (Å²) in [5, 5.41) is 5.94. The van der Waals surface area contributed by atoms with E-state index in [-0.39, 0.29) is 18.2 Å². The first-order chi connectivity index (χ1) is 10.6. The Morgan fingerprint density at radius 3 is 2.59 bits per heavy atom. The summed E-state index contributed by atoms with van der Waals surface area (Å²) in [7, 11) is 0. The van der Waals surface area contributed by atoms with Crippen LogP contribution in [0, 0.1) is 6.92 Å². The lowest BCUT2D eigenvalue weighted by atomic mass is 10.2. The highest BCUT2D eigenvalue weighted by Crippen LogP contribution is 2.22. The number of anilines is 1.